The molecule has 1 N–H and O–H groups in total. The number of benzene rings is 1. The molecular formula is C13H14FN3O. The Balaban J connectivity index is 2.14. The summed E-state index contributed by atoms with van der Waals surface area (Å²) < 4.78 is 18.5. The second-order valence-electron chi connectivity index (χ2n) is 3.80. The molecule has 1 aromatic carbocycles. The van der Waals surface area contributed by atoms with E-state index in [9.17, 15) is 4.39 Å². The predicted molar refractivity (Wildman–Crippen MR) is 67.0 cm³/mol. The third-order valence-electron chi connectivity index (χ3n) is 2.64. The van der Waals surface area contributed by atoms with E-state index in [4.69, 9.17) is 4.74 Å². The zero-order valence-corrected chi connectivity index (χ0v) is 10.3. The first kappa shape index (κ1) is 12.3. The first-order valence-corrected chi connectivity index (χ1v) is 5.55. The average Bonchev–Trinajstić information content (AvgIpc) is 2.39. The summed E-state index contributed by atoms with van der Waals surface area (Å²) in [5.74, 6) is 0.926. The molecule has 5 heteroatoms. The number of nitrogens with zero attached hydrogens (tertiary/aromatic N) is 2. The summed E-state index contributed by atoms with van der Waals surface area (Å²) in [4.78, 5) is 8.09. The highest BCUT2D eigenvalue weighted by molar-refractivity contribution is 5.47. The highest BCUT2D eigenvalue weighted by Crippen LogP contribution is 2.20. The Morgan fingerprint density at radius 3 is 2.78 bits per heavy atom. The van der Waals surface area contributed by atoms with Gasteiger partial charge in [0.15, 0.2) is 0 Å². The molecule has 1 heterocycles. The zero-order valence-electron chi connectivity index (χ0n) is 10.3. The highest BCUT2D eigenvalue weighted by Gasteiger charge is 2.07. The maximum Gasteiger partial charge on any atom is 0.221 e. The van der Waals surface area contributed by atoms with Crippen LogP contribution in [0.15, 0.2) is 30.6 Å². The third kappa shape index (κ3) is 2.56. The highest BCUT2D eigenvalue weighted by atomic mass is 19.1. The average molecular weight is 247 g/mol. The molecule has 0 aliphatic heterocycles. The molecule has 0 saturated heterocycles. The van der Waals surface area contributed by atoms with Crippen LogP contribution in [0.4, 0.5) is 10.2 Å². The molecule has 0 atom stereocenters. The minimum Gasteiger partial charge on any atom is -0.481 e. The molecule has 2 rings (SSSR count). The summed E-state index contributed by atoms with van der Waals surface area (Å²) in [7, 11) is 1.55. The molecule has 94 valence electrons. The minimum atomic E-state index is -0.233. The van der Waals surface area contributed by atoms with Gasteiger partial charge in [0.1, 0.15) is 18.0 Å². The molecular weight excluding hydrogens is 233 g/mol. The van der Waals surface area contributed by atoms with Gasteiger partial charge in [0, 0.05) is 12.1 Å². The van der Waals surface area contributed by atoms with Crippen LogP contribution in [-0.4, -0.2) is 17.1 Å². The van der Waals surface area contributed by atoms with Crippen LogP contribution in [-0.2, 0) is 6.54 Å². The van der Waals surface area contributed by atoms with Gasteiger partial charge in [0.25, 0.3) is 0 Å². The van der Waals surface area contributed by atoms with Crippen molar-refractivity contribution in [3.63, 3.8) is 0 Å². The van der Waals surface area contributed by atoms with Gasteiger partial charge in [0.05, 0.1) is 12.7 Å². The van der Waals surface area contributed by atoms with Crippen LogP contribution in [0.2, 0.25) is 0 Å². The lowest BCUT2D eigenvalue weighted by atomic mass is 10.2. The first-order chi connectivity index (χ1) is 8.72. The zero-order chi connectivity index (χ0) is 13.0. The molecule has 0 aliphatic carbocycles. The van der Waals surface area contributed by atoms with Crippen molar-refractivity contribution in [1.29, 1.82) is 0 Å². The van der Waals surface area contributed by atoms with Crippen LogP contribution in [0.25, 0.3) is 0 Å². The first-order valence-electron chi connectivity index (χ1n) is 5.55. The number of hydrogen-bond donors (Lipinski definition) is 1. The number of anilines is 1. The maximum absolute atomic E-state index is 13.4. The minimum absolute atomic E-state index is 0.233. The lowest BCUT2D eigenvalue weighted by Gasteiger charge is -2.10. The molecule has 0 bridgehead atoms. The molecule has 0 fully saturated rings. The summed E-state index contributed by atoms with van der Waals surface area (Å²) in [6, 6.07) is 6.63. The summed E-state index contributed by atoms with van der Waals surface area (Å²) in [5, 5.41) is 3.07. The molecule has 0 radical (unpaired) electrons. The van der Waals surface area contributed by atoms with Crippen LogP contribution in [0, 0.1) is 12.7 Å². The van der Waals surface area contributed by atoms with Crippen molar-refractivity contribution in [2.24, 2.45) is 0 Å². The van der Waals surface area contributed by atoms with Crippen LogP contribution in [0.1, 0.15) is 11.1 Å². The topological polar surface area (TPSA) is 47.0 Å². The smallest absolute Gasteiger partial charge is 0.221 e. The molecule has 0 amide bonds. The van der Waals surface area contributed by atoms with Gasteiger partial charge in [-0.2, -0.15) is 0 Å². The maximum atomic E-state index is 13.4. The van der Waals surface area contributed by atoms with E-state index in [1.54, 1.807) is 25.3 Å². The van der Waals surface area contributed by atoms with Crippen LogP contribution in [0.5, 0.6) is 5.88 Å². The molecule has 18 heavy (non-hydrogen) atoms. The molecule has 0 unspecified atom stereocenters. The Morgan fingerprint density at radius 2 is 2.06 bits per heavy atom. The van der Waals surface area contributed by atoms with Gasteiger partial charge in [-0.1, -0.05) is 18.2 Å². The Labute approximate surface area is 105 Å². The van der Waals surface area contributed by atoms with E-state index in [-0.39, 0.29) is 5.82 Å². The van der Waals surface area contributed by atoms with E-state index in [1.165, 1.54) is 12.4 Å². The van der Waals surface area contributed by atoms with Gasteiger partial charge < -0.3 is 10.1 Å². The quantitative estimate of drug-likeness (QED) is 0.902. The Bertz CT molecular complexity index is 546. The van der Waals surface area contributed by atoms with Crippen LogP contribution >= 0.6 is 0 Å². The number of rotatable bonds is 4. The fourth-order valence-corrected chi connectivity index (χ4v) is 1.64. The number of hydrogen-bond acceptors (Lipinski definition) is 4. The second kappa shape index (κ2) is 5.44. The number of aromatic nitrogens is 2. The van der Waals surface area contributed by atoms with E-state index in [2.05, 4.69) is 15.3 Å². The summed E-state index contributed by atoms with van der Waals surface area (Å²) in [6.45, 7) is 2.22. The van der Waals surface area contributed by atoms with Gasteiger partial charge in [-0.05, 0) is 13.0 Å². The molecule has 2 aromatic rings. The number of nitrogens with one attached hydrogen (secondary N) is 1. The lowest BCUT2D eigenvalue weighted by Crippen LogP contribution is -2.06. The van der Waals surface area contributed by atoms with E-state index in [0.717, 1.165) is 5.56 Å². The number of ether oxygens (including phenoxy) is 1. The van der Waals surface area contributed by atoms with E-state index < -0.39 is 0 Å². The van der Waals surface area contributed by atoms with Gasteiger partial charge in [-0.15, -0.1) is 0 Å². The SMILES string of the molecule is COc1ncnc(NCc2ccccc2F)c1C. The fourth-order valence-electron chi connectivity index (χ4n) is 1.64. The normalized spacial score (nSPS) is 10.2. The van der Waals surface area contributed by atoms with Crippen molar-refractivity contribution >= 4 is 5.82 Å². The molecule has 0 aliphatic rings. The largest absolute Gasteiger partial charge is 0.481 e. The van der Waals surface area contributed by atoms with E-state index in [1.807, 2.05) is 6.92 Å². The van der Waals surface area contributed by atoms with Crippen LogP contribution < -0.4 is 10.1 Å². The standard InChI is InChI=1S/C13H14FN3O/c1-9-12(16-8-17-13(9)18-2)15-7-10-5-3-4-6-11(10)14/h3-6,8H,7H2,1-2H3,(H,15,16,17). The van der Waals surface area contributed by atoms with Crippen molar-refractivity contribution in [3.8, 4) is 5.88 Å². The molecule has 4 nitrogen and oxygen atoms in total. The van der Waals surface area contributed by atoms with Crippen LogP contribution in [0.3, 0.4) is 0 Å². The summed E-state index contributed by atoms with van der Waals surface area (Å²) in [6.07, 6.45) is 1.41. The van der Waals surface area contributed by atoms with Gasteiger partial charge in [0.2, 0.25) is 5.88 Å². The van der Waals surface area contributed by atoms with Crippen molar-refractivity contribution in [3.05, 3.63) is 47.5 Å². The van der Waals surface area contributed by atoms with Crippen molar-refractivity contribution in [1.82, 2.24) is 9.97 Å². The van der Waals surface area contributed by atoms with Gasteiger partial charge in [-0.25, -0.2) is 14.4 Å². The molecule has 0 saturated carbocycles. The molecule has 0 spiro atoms. The molecule has 1 aromatic heterocycles. The summed E-state index contributed by atoms with van der Waals surface area (Å²) >= 11 is 0. The van der Waals surface area contributed by atoms with E-state index >= 15 is 0 Å². The summed E-state index contributed by atoms with van der Waals surface area (Å²) in [5.41, 5.74) is 1.39. The van der Waals surface area contributed by atoms with Gasteiger partial charge in [-0.3, -0.25) is 0 Å². The Hall–Kier alpha value is -2.17. The number of halogens is 1. The van der Waals surface area contributed by atoms with Crippen molar-refractivity contribution in [2.45, 2.75) is 13.5 Å². The second-order valence-corrected chi connectivity index (χ2v) is 3.80. The predicted octanol–water partition coefficient (Wildman–Crippen LogP) is 2.54. The monoisotopic (exact) mass is 247 g/mol. The Kier molecular flexibility index (Phi) is 3.72. The Morgan fingerprint density at radius 1 is 1.28 bits per heavy atom. The lowest BCUT2D eigenvalue weighted by molar-refractivity contribution is 0.393. The third-order valence-corrected chi connectivity index (χ3v) is 2.64. The van der Waals surface area contributed by atoms with Crippen molar-refractivity contribution < 1.29 is 9.13 Å². The van der Waals surface area contributed by atoms with Gasteiger partial charge >= 0.3 is 0 Å². The fraction of sp³-hybridized carbons (Fsp3) is 0.231. The van der Waals surface area contributed by atoms with E-state index in [0.29, 0.717) is 23.8 Å². The van der Waals surface area contributed by atoms with Crippen molar-refractivity contribution in [2.75, 3.05) is 12.4 Å². The number of methoxy groups -OCH3 is 1.